The lowest BCUT2D eigenvalue weighted by Crippen LogP contribution is -2.03. The molecule has 5 heteroatoms. The molecule has 0 aliphatic carbocycles. The predicted molar refractivity (Wildman–Crippen MR) is 89.4 cm³/mol. The lowest BCUT2D eigenvalue weighted by molar-refractivity contribution is 0.602. The van der Waals surface area contributed by atoms with Gasteiger partial charge in [-0.25, -0.2) is 8.42 Å². The number of aryl methyl sites for hydroxylation is 2. The van der Waals surface area contributed by atoms with E-state index in [1.165, 1.54) is 22.9 Å². The van der Waals surface area contributed by atoms with Crippen molar-refractivity contribution in [3.8, 4) is 0 Å². The Balaban J connectivity index is 2.25. The molecule has 2 N–H and O–H groups in total. The molecule has 0 saturated carbocycles. The summed E-state index contributed by atoms with van der Waals surface area (Å²) in [6, 6.07) is 11.5. The maximum atomic E-state index is 11.7. The molecular formula is C16H19NO2S2. The van der Waals surface area contributed by atoms with Gasteiger partial charge in [0.15, 0.2) is 9.84 Å². The van der Waals surface area contributed by atoms with Crippen LogP contribution in [0.1, 0.15) is 16.7 Å². The number of hydrogen-bond donors (Lipinski definition) is 1. The van der Waals surface area contributed by atoms with Crippen molar-refractivity contribution in [3.63, 3.8) is 0 Å². The number of thioether (sulfide) groups is 1. The largest absolute Gasteiger partial charge is 0.397 e. The molecule has 2 aromatic rings. The number of hydrogen-bond acceptors (Lipinski definition) is 4. The van der Waals surface area contributed by atoms with Gasteiger partial charge in [-0.2, -0.15) is 0 Å². The van der Waals surface area contributed by atoms with Gasteiger partial charge in [0.1, 0.15) is 0 Å². The molecular weight excluding hydrogens is 302 g/mol. The van der Waals surface area contributed by atoms with Gasteiger partial charge in [-0.3, -0.25) is 0 Å². The Kier molecular flexibility index (Phi) is 4.64. The number of nitrogen functional groups attached to an aromatic ring is 1. The van der Waals surface area contributed by atoms with Crippen molar-refractivity contribution < 1.29 is 8.42 Å². The van der Waals surface area contributed by atoms with E-state index in [1.54, 1.807) is 23.9 Å². The molecule has 112 valence electrons. The van der Waals surface area contributed by atoms with Crippen molar-refractivity contribution in [2.24, 2.45) is 0 Å². The van der Waals surface area contributed by atoms with Crippen molar-refractivity contribution in [1.29, 1.82) is 0 Å². The molecule has 21 heavy (non-hydrogen) atoms. The van der Waals surface area contributed by atoms with E-state index >= 15 is 0 Å². The molecule has 2 aromatic carbocycles. The van der Waals surface area contributed by atoms with Gasteiger partial charge in [0.2, 0.25) is 0 Å². The van der Waals surface area contributed by atoms with Gasteiger partial charge in [-0.05, 0) is 31.5 Å². The van der Waals surface area contributed by atoms with Gasteiger partial charge in [0, 0.05) is 16.9 Å². The van der Waals surface area contributed by atoms with E-state index in [1.807, 2.05) is 6.07 Å². The van der Waals surface area contributed by atoms with Crippen LogP contribution < -0.4 is 5.73 Å². The predicted octanol–water partition coefficient (Wildman–Crippen LogP) is 3.58. The topological polar surface area (TPSA) is 60.2 Å². The summed E-state index contributed by atoms with van der Waals surface area (Å²) in [5.41, 5.74) is 10.00. The summed E-state index contributed by atoms with van der Waals surface area (Å²) in [4.78, 5) is 1.00. The van der Waals surface area contributed by atoms with Crippen LogP contribution in [-0.4, -0.2) is 14.7 Å². The van der Waals surface area contributed by atoms with Gasteiger partial charge in [-0.15, -0.1) is 11.8 Å². The molecule has 0 saturated heterocycles. The van der Waals surface area contributed by atoms with E-state index in [-0.39, 0.29) is 4.90 Å². The minimum atomic E-state index is -3.29. The molecule has 0 spiro atoms. The molecule has 0 unspecified atom stereocenters. The summed E-state index contributed by atoms with van der Waals surface area (Å²) in [5.74, 6) is 0.764. The van der Waals surface area contributed by atoms with Crippen molar-refractivity contribution in [3.05, 3.63) is 53.1 Å². The summed E-state index contributed by atoms with van der Waals surface area (Å²) in [6.45, 7) is 4.14. The zero-order chi connectivity index (χ0) is 15.6. The van der Waals surface area contributed by atoms with Crippen LogP contribution in [0.3, 0.4) is 0 Å². The summed E-state index contributed by atoms with van der Waals surface area (Å²) < 4.78 is 23.4. The van der Waals surface area contributed by atoms with E-state index in [2.05, 4.69) is 32.0 Å². The standard InChI is InChI=1S/C16H19NO2S2/c1-11-7-12(2)9-13(8-11)10-20-14-5-4-6-15(16(14)17)21(3,18)19/h4-9H,10,17H2,1-3H3. The fraction of sp³-hybridized carbons (Fsp3) is 0.250. The smallest absolute Gasteiger partial charge is 0.177 e. The Morgan fingerprint density at radius 2 is 1.71 bits per heavy atom. The average Bonchev–Trinajstić information content (AvgIpc) is 2.35. The van der Waals surface area contributed by atoms with Crippen molar-refractivity contribution in [2.45, 2.75) is 29.4 Å². The number of rotatable bonds is 4. The second kappa shape index (κ2) is 6.12. The van der Waals surface area contributed by atoms with Crippen LogP contribution in [-0.2, 0) is 15.6 Å². The molecule has 0 aliphatic rings. The highest BCUT2D eigenvalue weighted by Gasteiger charge is 2.14. The van der Waals surface area contributed by atoms with E-state index in [0.29, 0.717) is 5.69 Å². The van der Waals surface area contributed by atoms with Crippen LogP contribution in [0, 0.1) is 13.8 Å². The zero-order valence-corrected chi connectivity index (χ0v) is 14.0. The Labute approximate surface area is 130 Å². The SMILES string of the molecule is Cc1cc(C)cc(CSc2cccc(S(C)(=O)=O)c2N)c1. The molecule has 0 aromatic heterocycles. The van der Waals surface area contributed by atoms with Crippen LogP contribution in [0.4, 0.5) is 5.69 Å². The fourth-order valence-electron chi connectivity index (χ4n) is 2.29. The van der Waals surface area contributed by atoms with E-state index in [0.717, 1.165) is 10.6 Å². The highest BCUT2D eigenvalue weighted by molar-refractivity contribution is 7.98. The summed E-state index contributed by atoms with van der Waals surface area (Å²) in [5, 5.41) is 0. The molecule has 0 radical (unpaired) electrons. The quantitative estimate of drug-likeness (QED) is 0.690. The first-order valence-corrected chi connectivity index (χ1v) is 9.43. The molecule has 0 amide bonds. The molecule has 3 nitrogen and oxygen atoms in total. The lowest BCUT2D eigenvalue weighted by Gasteiger charge is -2.10. The van der Waals surface area contributed by atoms with Crippen LogP contribution in [0.2, 0.25) is 0 Å². The van der Waals surface area contributed by atoms with Gasteiger partial charge < -0.3 is 5.73 Å². The van der Waals surface area contributed by atoms with Crippen LogP contribution in [0.25, 0.3) is 0 Å². The number of sulfone groups is 1. The van der Waals surface area contributed by atoms with Crippen molar-refractivity contribution in [1.82, 2.24) is 0 Å². The first-order chi connectivity index (χ1) is 9.77. The number of nitrogens with two attached hydrogens (primary N) is 1. The average molecular weight is 321 g/mol. The molecule has 2 rings (SSSR count). The first kappa shape index (κ1) is 15.9. The molecule has 0 fully saturated rings. The maximum absolute atomic E-state index is 11.7. The van der Waals surface area contributed by atoms with E-state index in [4.69, 9.17) is 5.73 Å². The normalized spacial score (nSPS) is 11.6. The molecule has 0 bridgehead atoms. The van der Waals surface area contributed by atoms with Gasteiger partial charge in [0.25, 0.3) is 0 Å². The third-order valence-corrected chi connectivity index (χ3v) is 5.40. The lowest BCUT2D eigenvalue weighted by atomic mass is 10.1. The van der Waals surface area contributed by atoms with E-state index in [9.17, 15) is 8.42 Å². The van der Waals surface area contributed by atoms with Crippen molar-refractivity contribution in [2.75, 3.05) is 12.0 Å². The second-order valence-corrected chi connectivity index (χ2v) is 8.23. The number of benzene rings is 2. The monoisotopic (exact) mass is 321 g/mol. The van der Waals surface area contributed by atoms with Gasteiger partial charge in [-0.1, -0.05) is 35.4 Å². The highest BCUT2D eigenvalue weighted by Crippen LogP contribution is 2.32. The van der Waals surface area contributed by atoms with Gasteiger partial charge >= 0.3 is 0 Å². The number of para-hydroxylation sites is 1. The summed E-state index contributed by atoms with van der Waals surface area (Å²) in [6.07, 6.45) is 1.18. The van der Waals surface area contributed by atoms with Crippen LogP contribution >= 0.6 is 11.8 Å². The first-order valence-electron chi connectivity index (χ1n) is 6.56. The third-order valence-electron chi connectivity index (χ3n) is 3.10. The second-order valence-electron chi connectivity index (χ2n) is 5.22. The number of anilines is 1. The molecule has 0 heterocycles. The maximum Gasteiger partial charge on any atom is 0.177 e. The Morgan fingerprint density at radius 1 is 1.10 bits per heavy atom. The van der Waals surface area contributed by atoms with E-state index < -0.39 is 9.84 Å². The molecule has 0 aliphatic heterocycles. The minimum absolute atomic E-state index is 0.202. The Bertz CT molecular complexity index is 748. The highest BCUT2D eigenvalue weighted by atomic mass is 32.2. The zero-order valence-electron chi connectivity index (χ0n) is 12.4. The molecule has 0 atom stereocenters. The summed E-state index contributed by atoms with van der Waals surface area (Å²) >= 11 is 1.56. The summed E-state index contributed by atoms with van der Waals surface area (Å²) in [7, 11) is -3.29. The van der Waals surface area contributed by atoms with Crippen LogP contribution in [0.15, 0.2) is 46.2 Å². The van der Waals surface area contributed by atoms with Crippen LogP contribution in [0.5, 0.6) is 0 Å². The Hall–Kier alpha value is -1.46. The van der Waals surface area contributed by atoms with Crippen molar-refractivity contribution >= 4 is 27.3 Å². The fourth-order valence-corrected chi connectivity index (χ4v) is 4.12. The minimum Gasteiger partial charge on any atom is -0.397 e. The Morgan fingerprint density at radius 3 is 2.29 bits per heavy atom. The van der Waals surface area contributed by atoms with Gasteiger partial charge in [0.05, 0.1) is 10.6 Å². The third kappa shape index (κ3) is 4.02.